The molecule has 3 N–H and O–H groups in total. The first kappa shape index (κ1) is 15.5. The molecule has 1 aromatic carbocycles. The Hall–Kier alpha value is -1.36. The van der Waals surface area contributed by atoms with Crippen LogP contribution in [0.25, 0.3) is 0 Å². The normalized spacial score (nSPS) is 27.6. The Kier molecular flexibility index (Phi) is 4.26. The number of rotatable bonds is 3. The quantitative estimate of drug-likeness (QED) is 0.801. The average Bonchev–Trinajstić information content (AvgIpc) is 2.85. The number of hydrazine groups is 1. The number of benzene rings is 1. The van der Waals surface area contributed by atoms with Crippen LogP contribution < -0.4 is 16.2 Å². The number of carbonyl (C=O) groups excluding carboxylic acids is 1. The van der Waals surface area contributed by atoms with Gasteiger partial charge in [0, 0.05) is 35.7 Å². The van der Waals surface area contributed by atoms with Gasteiger partial charge in [0.25, 0.3) is 0 Å². The van der Waals surface area contributed by atoms with Gasteiger partial charge in [-0.2, -0.15) is 0 Å². The SMILES string of the molecule is CC1(C)CC(=O)C=C(NC2CC(c3ccc(Cl)cc3)NN2)C1. The van der Waals surface area contributed by atoms with E-state index in [2.05, 4.69) is 30.0 Å². The second-order valence-electron chi connectivity index (χ2n) is 6.98. The zero-order valence-corrected chi connectivity index (χ0v) is 13.7. The molecule has 1 aliphatic heterocycles. The van der Waals surface area contributed by atoms with E-state index in [0.29, 0.717) is 6.42 Å². The lowest BCUT2D eigenvalue weighted by Crippen LogP contribution is -2.42. The van der Waals surface area contributed by atoms with Gasteiger partial charge in [-0.25, -0.2) is 10.9 Å². The van der Waals surface area contributed by atoms with Crippen LogP contribution in [0.3, 0.4) is 0 Å². The maximum Gasteiger partial charge on any atom is 0.157 e. The number of hydrogen-bond acceptors (Lipinski definition) is 4. The summed E-state index contributed by atoms with van der Waals surface area (Å²) in [4.78, 5) is 11.8. The van der Waals surface area contributed by atoms with Gasteiger partial charge < -0.3 is 5.32 Å². The molecule has 118 valence electrons. The molecule has 22 heavy (non-hydrogen) atoms. The Morgan fingerprint density at radius 2 is 1.91 bits per heavy atom. The van der Waals surface area contributed by atoms with Crippen molar-refractivity contribution in [3.8, 4) is 0 Å². The molecule has 0 bridgehead atoms. The highest BCUT2D eigenvalue weighted by Crippen LogP contribution is 2.33. The summed E-state index contributed by atoms with van der Waals surface area (Å²) in [5.41, 5.74) is 8.83. The molecule has 5 heteroatoms. The van der Waals surface area contributed by atoms with Crippen molar-refractivity contribution < 1.29 is 4.79 Å². The number of nitrogens with one attached hydrogen (secondary N) is 3. The fourth-order valence-corrected chi connectivity index (χ4v) is 3.35. The van der Waals surface area contributed by atoms with Crippen molar-refractivity contribution in [2.24, 2.45) is 5.41 Å². The van der Waals surface area contributed by atoms with Crippen LogP contribution in [0.1, 0.15) is 44.7 Å². The van der Waals surface area contributed by atoms with E-state index in [-0.39, 0.29) is 23.4 Å². The molecule has 1 fully saturated rings. The van der Waals surface area contributed by atoms with Crippen LogP contribution in [0.5, 0.6) is 0 Å². The van der Waals surface area contributed by atoms with Crippen LogP contribution in [-0.4, -0.2) is 11.9 Å². The van der Waals surface area contributed by atoms with E-state index < -0.39 is 0 Å². The molecule has 1 aliphatic carbocycles. The summed E-state index contributed by atoms with van der Waals surface area (Å²) in [6.45, 7) is 4.27. The maximum atomic E-state index is 11.8. The van der Waals surface area contributed by atoms with Gasteiger partial charge in [0.2, 0.25) is 0 Å². The van der Waals surface area contributed by atoms with Gasteiger partial charge >= 0.3 is 0 Å². The summed E-state index contributed by atoms with van der Waals surface area (Å²) in [7, 11) is 0. The van der Waals surface area contributed by atoms with E-state index in [1.54, 1.807) is 6.08 Å². The van der Waals surface area contributed by atoms with E-state index >= 15 is 0 Å². The van der Waals surface area contributed by atoms with Crippen molar-refractivity contribution >= 4 is 17.4 Å². The molecule has 4 nitrogen and oxygen atoms in total. The van der Waals surface area contributed by atoms with E-state index in [1.807, 2.05) is 24.3 Å². The van der Waals surface area contributed by atoms with Crippen LogP contribution in [0.4, 0.5) is 0 Å². The third-order valence-electron chi connectivity index (χ3n) is 4.19. The van der Waals surface area contributed by atoms with Gasteiger partial charge in [-0.3, -0.25) is 4.79 Å². The summed E-state index contributed by atoms with van der Waals surface area (Å²) < 4.78 is 0. The number of allylic oxidation sites excluding steroid dienone is 2. The highest BCUT2D eigenvalue weighted by Gasteiger charge is 2.30. The Balaban J connectivity index is 1.61. The van der Waals surface area contributed by atoms with Crippen LogP contribution >= 0.6 is 11.6 Å². The molecule has 2 unspecified atom stereocenters. The molecule has 0 amide bonds. The lowest BCUT2D eigenvalue weighted by Gasteiger charge is -2.30. The van der Waals surface area contributed by atoms with E-state index in [0.717, 1.165) is 23.6 Å². The first-order valence-corrected chi connectivity index (χ1v) is 8.06. The lowest BCUT2D eigenvalue weighted by atomic mass is 9.79. The molecule has 0 aromatic heterocycles. The number of ketones is 1. The third kappa shape index (κ3) is 3.69. The monoisotopic (exact) mass is 319 g/mol. The minimum atomic E-state index is 0.0375. The smallest absolute Gasteiger partial charge is 0.157 e. The highest BCUT2D eigenvalue weighted by atomic mass is 35.5. The van der Waals surface area contributed by atoms with Crippen molar-refractivity contribution in [1.29, 1.82) is 0 Å². The summed E-state index contributed by atoms with van der Waals surface area (Å²) in [6, 6.07) is 8.13. The first-order chi connectivity index (χ1) is 10.4. The first-order valence-electron chi connectivity index (χ1n) is 7.68. The topological polar surface area (TPSA) is 53.2 Å². The molecule has 1 aromatic rings. The maximum absolute atomic E-state index is 11.8. The molecule has 0 saturated carbocycles. The lowest BCUT2D eigenvalue weighted by molar-refractivity contribution is -0.117. The Morgan fingerprint density at radius 3 is 2.59 bits per heavy atom. The zero-order chi connectivity index (χ0) is 15.7. The van der Waals surface area contributed by atoms with Gasteiger partial charge in [0.15, 0.2) is 5.78 Å². The fraction of sp³-hybridized carbons (Fsp3) is 0.471. The van der Waals surface area contributed by atoms with Crippen molar-refractivity contribution in [3.05, 3.63) is 46.6 Å². The number of hydrogen-bond donors (Lipinski definition) is 3. The Bertz CT molecular complexity index is 594. The summed E-state index contributed by atoms with van der Waals surface area (Å²) >= 11 is 5.93. The molecule has 0 radical (unpaired) electrons. The predicted octanol–water partition coefficient (Wildman–Crippen LogP) is 3.07. The third-order valence-corrected chi connectivity index (χ3v) is 4.44. The molecular formula is C17H22ClN3O. The van der Waals surface area contributed by atoms with Crippen molar-refractivity contribution in [2.75, 3.05) is 0 Å². The van der Waals surface area contributed by atoms with E-state index in [9.17, 15) is 4.79 Å². The predicted molar refractivity (Wildman–Crippen MR) is 88.1 cm³/mol. The fourth-order valence-electron chi connectivity index (χ4n) is 3.23. The minimum Gasteiger partial charge on any atom is -0.372 e. The molecule has 1 heterocycles. The van der Waals surface area contributed by atoms with E-state index in [4.69, 9.17) is 11.6 Å². The Morgan fingerprint density at radius 1 is 1.18 bits per heavy atom. The van der Waals surface area contributed by atoms with Crippen molar-refractivity contribution in [1.82, 2.24) is 16.2 Å². The second kappa shape index (κ2) is 6.03. The molecular weight excluding hydrogens is 298 g/mol. The van der Waals surface area contributed by atoms with Crippen LogP contribution in [0, 0.1) is 5.41 Å². The zero-order valence-electron chi connectivity index (χ0n) is 12.9. The van der Waals surface area contributed by atoms with Crippen LogP contribution in [0.15, 0.2) is 36.0 Å². The molecule has 3 rings (SSSR count). The van der Waals surface area contributed by atoms with Gasteiger partial charge in [-0.15, -0.1) is 0 Å². The van der Waals surface area contributed by atoms with Crippen molar-refractivity contribution in [3.63, 3.8) is 0 Å². The summed E-state index contributed by atoms with van der Waals surface area (Å²) in [5.74, 6) is 0.207. The summed E-state index contributed by atoms with van der Waals surface area (Å²) in [6.07, 6.45) is 4.31. The highest BCUT2D eigenvalue weighted by molar-refractivity contribution is 6.30. The van der Waals surface area contributed by atoms with Gasteiger partial charge in [-0.1, -0.05) is 37.6 Å². The second-order valence-corrected chi connectivity index (χ2v) is 7.42. The van der Waals surface area contributed by atoms with Crippen LogP contribution in [0.2, 0.25) is 5.02 Å². The van der Waals surface area contributed by atoms with Crippen LogP contribution in [-0.2, 0) is 4.79 Å². The number of carbonyl (C=O) groups is 1. The minimum absolute atomic E-state index is 0.0375. The standard InChI is InChI=1S/C17H22ClN3O/c1-17(2)9-13(7-14(22)10-17)19-16-8-15(20-21-16)11-3-5-12(18)6-4-11/h3-7,15-16,19-21H,8-10H2,1-2H3. The van der Waals surface area contributed by atoms with Gasteiger partial charge in [-0.05, 0) is 29.5 Å². The van der Waals surface area contributed by atoms with Gasteiger partial charge in [0.1, 0.15) is 0 Å². The summed E-state index contributed by atoms with van der Waals surface area (Å²) in [5, 5.41) is 4.20. The van der Waals surface area contributed by atoms with Crippen molar-refractivity contribution in [2.45, 2.75) is 45.3 Å². The molecule has 0 spiro atoms. The number of halogens is 1. The Labute approximate surface area is 136 Å². The molecule has 1 saturated heterocycles. The average molecular weight is 320 g/mol. The molecule has 2 aliphatic rings. The van der Waals surface area contributed by atoms with Gasteiger partial charge in [0.05, 0.1) is 6.17 Å². The van der Waals surface area contributed by atoms with E-state index in [1.165, 1.54) is 5.56 Å². The largest absolute Gasteiger partial charge is 0.372 e. The molecule has 2 atom stereocenters.